The van der Waals surface area contributed by atoms with Crippen LogP contribution in [0.25, 0.3) is 22.3 Å². The van der Waals surface area contributed by atoms with Gasteiger partial charge in [-0.25, -0.2) is 4.98 Å². The minimum Gasteiger partial charge on any atom is -0.391 e. The third-order valence-electron chi connectivity index (χ3n) is 5.73. The molecular formula is C23H28N4O6. The fourth-order valence-corrected chi connectivity index (χ4v) is 4.26. The van der Waals surface area contributed by atoms with Crippen LogP contribution in [0.15, 0.2) is 35.1 Å². The van der Waals surface area contributed by atoms with Gasteiger partial charge in [-0.15, -0.1) is 4.99 Å². The average Bonchev–Trinajstić information content (AvgIpc) is 3.17. The SMILES string of the molecule is CC(C)NCCc1c2c(nc3ccccc13)-c1cc(COCOONO)c(CO)c(=O)n1C2. The number of ether oxygens (including phenoxy) is 1. The van der Waals surface area contributed by atoms with Crippen LogP contribution in [0.3, 0.4) is 0 Å². The summed E-state index contributed by atoms with van der Waals surface area (Å²) in [7, 11) is 0. The van der Waals surface area contributed by atoms with Crippen LogP contribution >= 0.6 is 0 Å². The Morgan fingerprint density at radius 1 is 1.24 bits per heavy atom. The van der Waals surface area contributed by atoms with Crippen molar-refractivity contribution in [3.63, 3.8) is 0 Å². The minimum absolute atomic E-state index is 0.0157. The van der Waals surface area contributed by atoms with Gasteiger partial charge >= 0.3 is 0 Å². The zero-order chi connectivity index (χ0) is 23.4. The van der Waals surface area contributed by atoms with Gasteiger partial charge in [-0.1, -0.05) is 32.0 Å². The van der Waals surface area contributed by atoms with E-state index in [1.165, 1.54) is 11.2 Å². The molecular weight excluding hydrogens is 428 g/mol. The summed E-state index contributed by atoms with van der Waals surface area (Å²) < 4.78 is 7.02. The van der Waals surface area contributed by atoms with E-state index < -0.39 is 6.61 Å². The fraction of sp³-hybridized carbons (Fsp3) is 0.391. The number of aliphatic hydroxyl groups is 1. The molecule has 10 nitrogen and oxygen atoms in total. The first-order valence-corrected chi connectivity index (χ1v) is 10.8. The normalized spacial score (nSPS) is 12.5. The minimum atomic E-state index is -0.412. The van der Waals surface area contributed by atoms with Gasteiger partial charge in [0.25, 0.3) is 5.56 Å². The third kappa shape index (κ3) is 4.82. The molecule has 0 aliphatic carbocycles. The van der Waals surface area contributed by atoms with E-state index in [0.717, 1.165) is 35.1 Å². The smallest absolute Gasteiger partial charge is 0.257 e. The zero-order valence-electron chi connectivity index (χ0n) is 18.6. The van der Waals surface area contributed by atoms with E-state index in [1.54, 1.807) is 4.57 Å². The third-order valence-corrected chi connectivity index (χ3v) is 5.73. The molecule has 0 saturated heterocycles. The lowest BCUT2D eigenvalue weighted by molar-refractivity contribution is -0.416. The molecule has 4 N–H and O–H groups in total. The molecule has 0 radical (unpaired) electrons. The van der Waals surface area contributed by atoms with Crippen molar-refractivity contribution in [1.29, 1.82) is 0 Å². The number of hydrogen-bond acceptors (Lipinski definition) is 9. The number of fused-ring (bicyclic) bond motifs is 4. The highest BCUT2D eigenvalue weighted by atomic mass is 17.3. The zero-order valence-corrected chi connectivity index (χ0v) is 18.6. The fourth-order valence-electron chi connectivity index (χ4n) is 4.26. The van der Waals surface area contributed by atoms with E-state index in [9.17, 15) is 9.90 Å². The molecule has 3 heterocycles. The number of rotatable bonds is 11. The van der Waals surface area contributed by atoms with Gasteiger partial charge in [-0.2, -0.15) is 4.89 Å². The highest BCUT2D eigenvalue weighted by Crippen LogP contribution is 2.36. The molecule has 1 aliphatic heterocycles. The van der Waals surface area contributed by atoms with Gasteiger partial charge in [-0.3, -0.25) is 10.0 Å². The molecule has 0 spiro atoms. The van der Waals surface area contributed by atoms with E-state index in [1.807, 2.05) is 24.3 Å². The predicted molar refractivity (Wildman–Crippen MR) is 120 cm³/mol. The van der Waals surface area contributed by atoms with Crippen LogP contribution in [-0.4, -0.2) is 39.2 Å². The molecule has 1 aliphatic rings. The number of benzene rings is 1. The number of nitrogens with zero attached hydrogens (tertiary/aromatic N) is 2. The summed E-state index contributed by atoms with van der Waals surface area (Å²) in [6, 6.07) is 10.2. The second-order valence-electron chi connectivity index (χ2n) is 8.14. The van der Waals surface area contributed by atoms with Crippen molar-refractivity contribution in [2.24, 2.45) is 0 Å². The Labute approximate surface area is 190 Å². The van der Waals surface area contributed by atoms with Gasteiger partial charge < -0.3 is 19.7 Å². The molecule has 0 bridgehead atoms. The van der Waals surface area contributed by atoms with E-state index in [4.69, 9.17) is 14.9 Å². The predicted octanol–water partition coefficient (Wildman–Crippen LogP) is 1.77. The van der Waals surface area contributed by atoms with Crippen molar-refractivity contribution in [3.8, 4) is 11.4 Å². The van der Waals surface area contributed by atoms with Crippen molar-refractivity contribution in [1.82, 2.24) is 20.5 Å². The maximum absolute atomic E-state index is 13.2. The second-order valence-corrected chi connectivity index (χ2v) is 8.14. The van der Waals surface area contributed by atoms with E-state index >= 15 is 0 Å². The van der Waals surface area contributed by atoms with Crippen molar-refractivity contribution >= 4 is 10.9 Å². The Kier molecular flexibility index (Phi) is 7.46. The molecule has 176 valence electrons. The van der Waals surface area contributed by atoms with Gasteiger partial charge in [-0.05, 0) is 41.9 Å². The summed E-state index contributed by atoms with van der Waals surface area (Å²) in [6.45, 7) is 4.76. The van der Waals surface area contributed by atoms with Gasteiger partial charge in [0, 0.05) is 22.6 Å². The van der Waals surface area contributed by atoms with E-state index in [2.05, 4.69) is 35.1 Å². The van der Waals surface area contributed by atoms with Crippen molar-refractivity contribution in [2.75, 3.05) is 13.3 Å². The summed E-state index contributed by atoms with van der Waals surface area (Å²) in [5, 5.41) is 22.8. The van der Waals surface area contributed by atoms with Crippen molar-refractivity contribution in [3.05, 3.63) is 62.9 Å². The molecule has 0 unspecified atom stereocenters. The maximum atomic E-state index is 13.2. The van der Waals surface area contributed by atoms with Crippen LogP contribution in [0.4, 0.5) is 0 Å². The lowest BCUT2D eigenvalue weighted by atomic mass is 9.97. The summed E-state index contributed by atoms with van der Waals surface area (Å²) in [4.78, 5) is 26.8. The summed E-state index contributed by atoms with van der Waals surface area (Å²) in [5.41, 5.74) is 6.48. The maximum Gasteiger partial charge on any atom is 0.257 e. The summed E-state index contributed by atoms with van der Waals surface area (Å²) in [5.74, 6) is 0. The number of aromatic nitrogens is 2. The van der Waals surface area contributed by atoms with Gasteiger partial charge in [0.2, 0.25) is 0 Å². The molecule has 0 fully saturated rings. The largest absolute Gasteiger partial charge is 0.391 e. The Hall–Kier alpha value is -2.70. The van der Waals surface area contributed by atoms with Crippen LogP contribution in [0, 0.1) is 0 Å². The second kappa shape index (κ2) is 10.5. The van der Waals surface area contributed by atoms with E-state index in [0.29, 0.717) is 23.8 Å². The molecule has 0 amide bonds. The van der Waals surface area contributed by atoms with Crippen LogP contribution in [0.5, 0.6) is 0 Å². The van der Waals surface area contributed by atoms with Gasteiger partial charge in [0.1, 0.15) is 0 Å². The number of hydrogen-bond donors (Lipinski definition) is 4. The lowest BCUT2D eigenvalue weighted by Crippen LogP contribution is -2.26. The Bertz CT molecular complexity index is 1190. The van der Waals surface area contributed by atoms with Gasteiger partial charge in [0.15, 0.2) is 6.79 Å². The standard InChI is InChI=1S/C23H28N4O6/c1-14(2)24-8-7-16-17-5-3-4-6-20(17)25-22-18(16)10-27-21(22)9-15(19(11-28)23(27)29)12-31-13-32-33-26-30/h3-6,9,14,24,26,28,30H,7-8,10-13H2,1-2H3. The van der Waals surface area contributed by atoms with Crippen molar-refractivity contribution in [2.45, 2.75) is 46.1 Å². The molecule has 3 aromatic rings. The Balaban J connectivity index is 1.75. The molecule has 4 rings (SSSR count). The summed E-state index contributed by atoms with van der Waals surface area (Å²) in [6.07, 6.45) is 0.811. The molecule has 33 heavy (non-hydrogen) atoms. The highest BCUT2D eigenvalue weighted by Gasteiger charge is 2.27. The Morgan fingerprint density at radius 2 is 2.06 bits per heavy atom. The Morgan fingerprint density at radius 3 is 2.82 bits per heavy atom. The first-order chi connectivity index (χ1) is 16.0. The number of pyridine rings is 2. The monoisotopic (exact) mass is 456 g/mol. The van der Waals surface area contributed by atoms with Crippen LogP contribution in [-0.2, 0) is 40.8 Å². The van der Waals surface area contributed by atoms with Crippen LogP contribution in [0.1, 0.15) is 36.1 Å². The number of aliphatic hydroxyl groups excluding tert-OH is 1. The first-order valence-electron chi connectivity index (χ1n) is 10.8. The molecule has 0 atom stereocenters. The quantitative estimate of drug-likeness (QED) is 0.116. The molecule has 0 saturated carbocycles. The summed E-state index contributed by atoms with van der Waals surface area (Å²) >= 11 is 0. The van der Waals surface area contributed by atoms with Crippen LogP contribution in [0.2, 0.25) is 0 Å². The first kappa shape index (κ1) is 23.5. The number of nitrogens with one attached hydrogen (secondary N) is 2. The number of para-hydroxylation sites is 1. The lowest BCUT2D eigenvalue weighted by Gasteiger charge is -2.14. The average molecular weight is 456 g/mol. The topological polar surface area (TPSA) is 127 Å². The molecule has 10 heteroatoms. The molecule has 1 aromatic carbocycles. The molecule has 2 aromatic heterocycles. The van der Waals surface area contributed by atoms with Crippen molar-refractivity contribution < 1.29 is 24.9 Å². The highest BCUT2D eigenvalue weighted by molar-refractivity contribution is 5.88. The van der Waals surface area contributed by atoms with Gasteiger partial charge in [0.05, 0.1) is 36.7 Å². The van der Waals surface area contributed by atoms with E-state index in [-0.39, 0.29) is 24.5 Å². The van der Waals surface area contributed by atoms with Crippen LogP contribution < -0.4 is 16.5 Å².